The molecule has 0 saturated heterocycles. The standard InChI is InChI=1S/C12H9BrFN/c13-9-3-1-2-8(6-9)11-7-10(15)4-5-12(11)14/h1-7H,15H2. The SMILES string of the molecule is Nc1ccc(F)c(-c2cccc(Br)c2)c1. The molecule has 0 fully saturated rings. The third-order valence-electron chi connectivity index (χ3n) is 2.13. The largest absolute Gasteiger partial charge is 0.399 e. The summed E-state index contributed by atoms with van der Waals surface area (Å²) in [6, 6.07) is 12.0. The molecule has 0 atom stereocenters. The van der Waals surface area contributed by atoms with Crippen LogP contribution in [-0.4, -0.2) is 0 Å². The normalized spacial score (nSPS) is 10.3. The van der Waals surface area contributed by atoms with Crippen molar-refractivity contribution in [2.75, 3.05) is 5.73 Å². The van der Waals surface area contributed by atoms with Gasteiger partial charge in [-0.05, 0) is 35.9 Å². The number of rotatable bonds is 1. The zero-order valence-corrected chi connectivity index (χ0v) is 9.46. The van der Waals surface area contributed by atoms with Crippen LogP contribution in [-0.2, 0) is 0 Å². The molecule has 0 aliphatic heterocycles. The van der Waals surface area contributed by atoms with Gasteiger partial charge in [0, 0.05) is 15.7 Å². The predicted molar refractivity (Wildman–Crippen MR) is 63.9 cm³/mol. The number of anilines is 1. The van der Waals surface area contributed by atoms with Crippen molar-refractivity contribution in [3.63, 3.8) is 0 Å². The van der Waals surface area contributed by atoms with Crippen molar-refractivity contribution in [2.45, 2.75) is 0 Å². The molecule has 0 heterocycles. The van der Waals surface area contributed by atoms with Crippen LogP contribution in [0.15, 0.2) is 46.9 Å². The van der Waals surface area contributed by atoms with Gasteiger partial charge >= 0.3 is 0 Å². The maximum atomic E-state index is 13.5. The van der Waals surface area contributed by atoms with Gasteiger partial charge in [-0.15, -0.1) is 0 Å². The van der Waals surface area contributed by atoms with Gasteiger partial charge in [0.2, 0.25) is 0 Å². The Labute approximate surface area is 95.9 Å². The van der Waals surface area contributed by atoms with Crippen LogP contribution in [0.5, 0.6) is 0 Å². The van der Waals surface area contributed by atoms with Crippen LogP contribution in [0, 0.1) is 5.82 Å². The zero-order chi connectivity index (χ0) is 10.8. The van der Waals surface area contributed by atoms with Crippen LogP contribution in [0.25, 0.3) is 11.1 Å². The molecule has 0 aliphatic carbocycles. The lowest BCUT2D eigenvalue weighted by Gasteiger charge is -2.05. The van der Waals surface area contributed by atoms with Crippen molar-refractivity contribution in [1.29, 1.82) is 0 Å². The number of nitrogen functional groups attached to an aromatic ring is 1. The summed E-state index contributed by atoms with van der Waals surface area (Å²) in [6.07, 6.45) is 0. The molecule has 0 aliphatic rings. The van der Waals surface area contributed by atoms with Crippen molar-refractivity contribution in [2.24, 2.45) is 0 Å². The lowest BCUT2D eigenvalue weighted by molar-refractivity contribution is 0.631. The zero-order valence-electron chi connectivity index (χ0n) is 7.87. The summed E-state index contributed by atoms with van der Waals surface area (Å²) < 4.78 is 14.4. The minimum absolute atomic E-state index is 0.262. The Bertz CT molecular complexity index is 497. The van der Waals surface area contributed by atoms with Gasteiger partial charge in [-0.1, -0.05) is 28.1 Å². The number of hydrogen-bond donors (Lipinski definition) is 1. The van der Waals surface area contributed by atoms with Crippen molar-refractivity contribution >= 4 is 21.6 Å². The summed E-state index contributed by atoms with van der Waals surface area (Å²) in [5.74, 6) is -0.262. The fourth-order valence-corrected chi connectivity index (χ4v) is 1.82. The lowest BCUT2D eigenvalue weighted by atomic mass is 10.0. The van der Waals surface area contributed by atoms with Crippen LogP contribution >= 0.6 is 15.9 Å². The Hall–Kier alpha value is -1.35. The first-order valence-corrected chi connectivity index (χ1v) is 5.27. The first-order valence-electron chi connectivity index (χ1n) is 4.48. The molecule has 0 aromatic heterocycles. The maximum Gasteiger partial charge on any atom is 0.131 e. The second-order valence-corrected chi connectivity index (χ2v) is 4.17. The smallest absolute Gasteiger partial charge is 0.131 e. The molecule has 2 N–H and O–H groups in total. The van der Waals surface area contributed by atoms with E-state index in [0.29, 0.717) is 11.3 Å². The summed E-state index contributed by atoms with van der Waals surface area (Å²) in [4.78, 5) is 0. The molecule has 0 amide bonds. The first kappa shape index (κ1) is 10.2. The molecule has 1 nitrogen and oxygen atoms in total. The highest BCUT2D eigenvalue weighted by atomic mass is 79.9. The van der Waals surface area contributed by atoms with Gasteiger partial charge in [-0.25, -0.2) is 4.39 Å². The average molecular weight is 266 g/mol. The Morgan fingerprint density at radius 1 is 1.07 bits per heavy atom. The molecule has 0 bridgehead atoms. The van der Waals surface area contributed by atoms with Gasteiger partial charge in [0.25, 0.3) is 0 Å². The maximum absolute atomic E-state index is 13.5. The molecular formula is C12H9BrFN. The van der Waals surface area contributed by atoms with E-state index in [0.717, 1.165) is 10.0 Å². The van der Waals surface area contributed by atoms with Crippen LogP contribution in [0.3, 0.4) is 0 Å². The minimum atomic E-state index is -0.262. The van der Waals surface area contributed by atoms with E-state index < -0.39 is 0 Å². The van der Waals surface area contributed by atoms with E-state index in [-0.39, 0.29) is 5.82 Å². The first-order chi connectivity index (χ1) is 7.16. The van der Waals surface area contributed by atoms with Crippen LogP contribution in [0.4, 0.5) is 10.1 Å². The summed E-state index contributed by atoms with van der Waals surface area (Å²) in [6.45, 7) is 0. The molecule has 2 aromatic carbocycles. The molecule has 2 aromatic rings. The van der Waals surface area contributed by atoms with Gasteiger partial charge in [-0.3, -0.25) is 0 Å². The van der Waals surface area contributed by atoms with Crippen molar-refractivity contribution in [3.05, 3.63) is 52.8 Å². The quantitative estimate of drug-likeness (QED) is 0.780. The molecule has 0 unspecified atom stereocenters. The van der Waals surface area contributed by atoms with Crippen molar-refractivity contribution in [3.8, 4) is 11.1 Å². The van der Waals surface area contributed by atoms with E-state index >= 15 is 0 Å². The molecule has 0 radical (unpaired) electrons. The van der Waals surface area contributed by atoms with E-state index in [1.165, 1.54) is 6.07 Å². The third-order valence-corrected chi connectivity index (χ3v) is 2.62. The number of hydrogen-bond acceptors (Lipinski definition) is 1. The van der Waals surface area contributed by atoms with E-state index in [2.05, 4.69) is 15.9 Å². The number of nitrogens with two attached hydrogens (primary N) is 1. The molecule has 76 valence electrons. The van der Waals surface area contributed by atoms with Crippen molar-refractivity contribution in [1.82, 2.24) is 0 Å². The average Bonchev–Trinajstić information content (AvgIpc) is 2.22. The third kappa shape index (κ3) is 2.18. The monoisotopic (exact) mass is 265 g/mol. The summed E-state index contributed by atoms with van der Waals surface area (Å²) in [5.41, 5.74) is 7.52. The highest BCUT2D eigenvalue weighted by molar-refractivity contribution is 9.10. The number of benzene rings is 2. The van der Waals surface area contributed by atoms with E-state index in [9.17, 15) is 4.39 Å². The molecule has 2 rings (SSSR count). The molecule has 3 heteroatoms. The summed E-state index contributed by atoms with van der Waals surface area (Å²) in [7, 11) is 0. The molecular weight excluding hydrogens is 257 g/mol. The lowest BCUT2D eigenvalue weighted by Crippen LogP contribution is -1.89. The van der Waals surface area contributed by atoms with Gasteiger partial charge in [-0.2, -0.15) is 0 Å². The van der Waals surface area contributed by atoms with Crippen molar-refractivity contribution < 1.29 is 4.39 Å². The van der Waals surface area contributed by atoms with Crippen LogP contribution < -0.4 is 5.73 Å². The van der Waals surface area contributed by atoms with Gasteiger partial charge in [0.15, 0.2) is 0 Å². The van der Waals surface area contributed by atoms with Crippen LogP contribution in [0.2, 0.25) is 0 Å². The topological polar surface area (TPSA) is 26.0 Å². The Morgan fingerprint density at radius 3 is 2.60 bits per heavy atom. The fraction of sp³-hybridized carbons (Fsp3) is 0. The van der Waals surface area contributed by atoms with Gasteiger partial charge in [0.1, 0.15) is 5.82 Å². The summed E-state index contributed by atoms with van der Waals surface area (Å²) >= 11 is 3.35. The molecule has 0 spiro atoms. The molecule has 15 heavy (non-hydrogen) atoms. The summed E-state index contributed by atoms with van der Waals surface area (Å²) in [5, 5.41) is 0. The van der Waals surface area contributed by atoms with E-state index in [4.69, 9.17) is 5.73 Å². The Kier molecular flexibility index (Phi) is 2.73. The highest BCUT2D eigenvalue weighted by Gasteiger charge is 2.05. The molecule has 0 saturated carbocycles. The minimum Gasteiger partial charge on any atom is -0.399 e. The van der Waals surface area contributed by atoms with Gasteiger partial charge in [0.05, 0.1) is 0 Å². The van der Waals surface area contributed by atoms with E-state index in [1.807, 2.05) is 24.3 Å². The Morgan fingerprint density at radius 2 is 1.87 bits per heavy atom. The second-order valence-electron chi connectivity index (χ2n) is 3.25. The van der Waals surface area contributed by atoms with Gasteiger partial charge < -0.3 is 5.73 Å². The predicted octanol–water partition coefficient (Wildman–Crippen LogP) is 3.84. The van der Waals surface area contributed by atoms with Crippen LogP contribution in [0.1, 0.15) is 0 Å². The second kappa shape index (κ2) is 4.03. The number of halogens is 2. The Balaban J connectivity index is 2.58. The highest BCUT2D eigenvalue weighted by Crippen LogP contribution is 2.26. The fourth-order valence-electron chi connectivity index (χ4n) is 1.42. The van der Waals surface area contributed by atoms with E-state index in [1.54, 1.807) is 12.1 Å².